The predicted molar refractivity (Wildman–Crippen MR) is 84.7 cm³/mol. The van der Waals surface area contributed by atoms with Crippen LogP contribution in [0.25, 0.3) is 0 Å². The van der Waals surface area contributed by atoms with Crippen molar-refractivity contribution in [1.82, 2.24) is 15.6 Å². The molecule has 118 valence electrons. The van der Waals surface area contributed by atoms with Gasteiger partial charge in [0.25, 0.3) is 5.91 Å². The van der Waals surface area contributed by atoms with Crippen LogP contribution in [-0.4, -0.2) is 35.8 Å². The monoisotopic (exact) mass is 312 g/mol. The fourth-order valence-corrected chi connectivity index (χ4v) is 1.74. The van der Waals surface area contributed by atoms with Crippen molar-refractivity contribution in [3.63, 3.8) is 0 Å². The van der Waals surface area contributed by atoms with Gasteiger partial charge in [-0.2, -0.15) is 0 Å². The Labute approximate surface area is 133 Å². The van der Waals surface area contributed by atoms with Crippen LogP contribution < -0.4 is 16.0 Å². The molecule has 0 saturated carbocycles. The Morgan fingerprint density at radius 3 is 2.30 bits per heavy atom. The third-order valence-corrected chi connectivity index (χ3v) is 2.84. The van der Waals surface area contributed by atoms with Gasteiger partial charge in [-0.05, 0) is 24.3 Å². The average Bonchev–Trinajstić information content (AvgIpc) is 2.59. The van der Waals surface area contributed by atoms with Gasteiger partial charge in [-0.25, -0.2) is 0 Å². The zero-order chi connectivity index (χ0) is 16.5. The van der Waals surface area contributed by atoms with Crippen LogP contribution in [0.15, 0.2) is 54.9 Å². The van der Waals surface area contributed by atoms with Crippen LogP contribution in [-0.2, 0) is 9.59 Å². The van der Waals surface area contributed by atoms with Crippen molar-refractivity contribution in [2.24, 2.45) is 0 Å². The summed E-state index contributed by atoms with van der Waals surface area (Å²) in [6.45, 7) is -0.386. The van der Waals surface area contributed by atoms with Gasteiger partial charge < -0.3 is 16.0 Å². The molecule has 0 atom stereocenters. The number of rotatable bonds is 6. The third-order valence-electron chi connectivity index (χ3n) is 2.84. The average molecular weight is 312 g/mol. The minimum absolute atomic E-state index is 0.186. The van der Waals surface area contributed by atoms with E-state index in [0.29, 0.717) is 11.3 Å². The molecule has 7 heteroatoms. The number of hydrogen-bond donors (Lipinski definition) is 3. The van der Waals surface area contributed by atoms with E-state index in [2.05, 4.69) is 20.9 Å². The van der Waals surface area contributed by atoms with Gasteiger partial charge in [-0.3, -0.25) is 19.4 Å². The minimum atomic E-state index is -0.449. The molecular weight excluding hydrogens is 296 g/mol. The van der Waals surface area contributed by atoms with Crippen molar-refractivity contribution in [2.75, 3.05) is 18.4 Å². The number of benzene rings is 1. The van der Waals surface area contributed by atoms with Gasteiger partial charge >= 0.3 is 0 Å². The number of anilines is 1. The first-order valence-corrected chi connectivity index (χ1v) is 6.95. The molecule has 23 heavy (non-hydrogen) atoms. The maximum Gasteiger partial charge on any atom is 0.251 e. The van der Waals surface area contributed by atoms with Gasteiger partial charge in [0, 0.05) is 11.8 Å². The summed E-state index contributed by atoms with van der Waals surface area (Å²) in [5, 5.41) is 7.49. The largest absolute Gasteiger partial charge is 0.345 e. The van der Waals surface area contributed by atoms with Crippen LogP contribution in [0.4, 0.5) is 5.69 Å². The zero-order valence-electron chi connectivity index (χ0n) is 12.3. The first kappa shape index (κ1) is 16.2. The summed E-state index contributed by atoms with van der Waals surface area (Å²) in [6, 6.07) is 11.9. The Bertz CT molecular complexity index is 674. The number of carbonyl (C=O) groups excluding carboxylic acids is 3. The highest BCUT2D eigenvalue weighted by molar-refractivity contribution is 5.97. The molecule has 0 unspecified atom stereocenters. The molecule has 0 aliphatic carbocycles. The zero-order valence-corrected chi connectivity index (χ0v) is 12.3. The van der Waals surface area contributed by atoms with Crippen molar-refractivity contribution in [1.29, 1.82) is 0 Å². The molecule has 0 saturated heterocycles. The van der Waals surface area contributed by atoms with E-state index in [1.165, 1.54) is 6.20 Å². The predicted octanol–water partition coefficient (Wildman–Crippen LogP) is 0.566. The molecule has 3 amide bonds. The molecule has 1 aromatic carbocycles. The number of nitrogens with zero attached hydrogens (tertiary/aromatic N) is 1. The van der Waals surface area contributed by atoms with E-state index >= 15 is 0 Å². The summed E-state index contributed by atoms with van der Waals surface area (Å²) in [5.41, 5.74) is 1.01. The van der Waals surface area contributed by atoms with Crippen LogP contribution >= 0.6 is 0 Å². The SMILES string of the molecule is O=C(CNC(=O)c1ccccc1)NCC(=O)Nc1cccnc1. The number of pyridine rings is 1. The summed E-state index contributed by atoms with van der Waals surface area (Å²) in [4.78, 5) is 38.9. The molecule has 2 aromatic rings. The van der Waals surface area contributed by atoms with Crippen LogP contribution in [0.1, 0.15) is 10.4 Å². The van der Waals surface area contributed by atoms with E-state index in [1.54, 1.807) is 48.7 Å². The normalized spacial score (nSPS) is 9.74. The second-order valence-corrected chi connectivity index (χ2v) is 4.62. The summed E-state index contributed by atoms with van der Waals surface area (Å²) in [6.07, 6.45) is 3.09. The molecule has 1 heterocycles. The molecule has 0 aliphatic heterocycles. The lowest BCUT2D eigenvalue weighted by molar-refractivity contribution is -0.123. The van der Waals surface area contributed by atoms with Gasteiger partial charge in [0.05, 0.1) is 25.0 Å². The Balaban J connectivity index is 1.69. The summed E-state index contributed by atoms with van der Waals surface area (Å²) < 4.78 is 0. The number of nitrogens with one attached hydrogen (secondary N) is 3. The lowest BCUT2D eigenvalue weighted by atomic mass is 10.2. The molecule has 0 fully saturated rings. The molecule has 0 spiro atoms. The summed E-state index contributed by atoms with van der Waals surface area (Å²) >= 11 is 0. The fraction of sp³-hybridized carbons (Fsp3) is 0.125. The smallest absolute Gasteiger partial charge is 0.251 e. The van der Waals surface area contributed by atoms with E-state index in [1.807, 2.05) is 0 Å². The first-order valence-electron chi connectivity index (χ1n) is 6.95. The number of carbonyl (C=O) groups is 3. The van der Waals surface area contributed by atoms with Crippen molar-refractivity contribution in [2.45, 2.75) is 0 Å². The lowest BCUT2D eigenvalue weighted by Gasteiger charge is -2.07. The summed E-state index contributed by atoms with van der Waals surface area (Å²) in [7, 11) is 0. The molecule has 0 radical (unpaired) electrons. The Hall–Kier alpha value is -3.22. The Morgan fingerprint density at radius 1 is 0.870 bits per heavy atom. The van der Waals surface area contributed by atoms with Crippen molar-refractivity contribution in [3.8, 4) is 0 Å². The van der Waals surface area contributed by atoms with E-state index < -0.39 is 5.91 Å². The molecule has 0 bridgehead atoms. The second-order valence-electron chi connectivity index (χ2n) is 4.62. The maximum absolute atomic E-state index is 11.8. The van der Waals surface area contributed by atoms with E-state index in [4.69, 9.17) is 0 Å². The van der Waals surface area contributed by atoms with Gasteiger partial charge in [0.2, 0.25) is 11.8 Å². The highest BCUT2D eigenvalue weighted by Crippen LogP contribution is 2.01. The number of aromatic nitrogens is 1. The molecular formula is C16H16N4O3. The first-order chi connectivity index (χ1) is 11.1. The Morgan fingerprint density at radius 2 is 1.61 bits per heavy atom. The molecule has 2 rings (SSSR count). The van der Waals surface area contributed by atoms with Crippen LogP contribution in [0, 0.1) is 0 Å². The van der Waals surface area contributed by atoms with Crippen molar-refractivity contribution >= 4 is 23.4 Å². The summed E-state index contributed by atoms with van der Waals surface area (Å²) in [5.74, 6) is -1.17. The molecule has 1 aromatic heterocycles. The number of hydrogen-bond acceptors (Lipinski definition) is 4. The molecule has 7 nitrogen and oxygen atoms in total. The van der Waals surface area contributed by atoms with E-state index in [-0.39, 0.29) is 24.9 Å². The van der Waals surface area contributed by atoms with E-state index in [9.17, 15) is 14.4 Å². The highest BCUT2D eigenvalue weighted by atomic mass is 16.2. The third kappa shape index (κ3) is 5.58. The van der Waals surface area contributed by atoms with Gasteiger partial charge in [0.15, 0.2) is 0 Å². The standard InChI is InChI=1S/C16H16N4O3/c21-14(10-19-16(23)12-5-2-1-3-6-12)18-11-15(22)20-13-7-4-8-17-9-13/h1-9H,10-11H2,(H,18,21)(H,19,23)(H,20,22). The van der Waals surface area contributed by atoms with Gasteiger partial charge in [0.1, 0.15) is 0 Å². The maximum atomic E-state index is 11.8. The second kappa shape index (κ2) is 8.28. The Kier molecular flexibility index (Phi) is 5.81. The lowest BCUT2D eigenvalue weighted by Crippen LogP contribution is -2.40. The van der Waals surface area contributed by atoms with Gasteiger partial charge in [-0.1, -0.05) is 18.2 Å². The topological polar surface area (TPSA) is 100 Å². The van der Waals surface area contributed by atoms with Crippen LogP contribution in [0.3, 0.4) is 0 Å². The highest BCUT2D eigenvalue weighted by Gasteiger charge is 2.09. The quantitative estimate of drug-likeness (QED) is 0.726. The van der Waals surface area contributed by atoms with E-state index in [0.717, 1.165) is 0 Å². The van der Waals surface area contributed by atoms with Crippen molar-refractivity contribution < 1.29 is 14.4 Å². The number of amides is 3. The van der Waals surface area contributed by atoms with Crippen LogP contribution in [0.2, 0.25) is 0 Å². The minimum Gasteiger partial charge on any atom is -0.345 e. The fourth-order valence-electron chi connectivity index (χ4n) is 1.74. The molecule has 3 N–H and O–H groups in total. The molecule has 0 aliphatic rings. The van der Waals surface area contributed by atoms with Crippen LogP contribution in [0.5, 0.6) is 0 Å². The van der Waals surface area contributed by atoms with Gasteiger partial charge in [-0.15, -0.1) is 0 Å². The van der Waals surface area contributed by atoms with Crippen molar-refractivity contribution in [3.05, 3.63) is 60.4 Å².